The lowest BCUT2D eigenvalue weighted by Gasteiger charge is -2.18. The summed E-state index contributed by atoms with van der Waals surface area (Å²) in [5, 5.41) is 0. The van der Waals surface area contributed by atoms with Crippen LogP contribution >= 0.6 is 0 Å². The van der Waals surface area contributed by atoms with E-state index >= 15 is 0 Å². The Morgan fingerprint density at radius 1 is 0.302 bits per heavy atom. The zero-order valence-electron chi connectivity index (χ0n) is 43.2. The summed E-state index contributed by atoms with van der Waals surface area (Å²) in [5.41, 5.74) is 0. The summed E-state index contributed by atoms with van der Waals surface area (Å²) in [4.78, 5) is 38.1. The highest BCUT2D eigenvalue weighted by molar-refractivity contribution is 5.71. The van der Waals surface area contributed by atoms with Gasteiger partial charge in [-0.05, 0) is 31.1 Å². The first-order chi connectivity index (χ1) is 30.7. The average Bonchev–Trinajstić information content (AvgIpc) is 3.25. The fourth-order valence-corrected chi connectivity index (χ4v) is 8.70. The fourth-order valence-electron chi connectivity index (χ4n) is 8.70. The van der Waals surface area contributed by atoms with Crippen LogP contribution in [0, 0.1) is 11.8 Å². The van der Waals surface area contributed by atoms with E-state index in [2.05, 4.69) is 34.6 Å². The SMILES string of the molecule is CCCCCCCCCCCCCCCCC(=O)O[C@H](COC(=O)CCCCCCCCCCCCCCCC(C)C)COC(=O)CCCCCCCCCCCCCCC(C)C. The van der Waals surface area contributed by atoms with Gasteiger partial charge in [-0.25, -0.2) is 0 Å². The van der Waals surface area contributed by atoms with Crippen LogP contribution < -0.4 is 0 Å². The molecular weight excluding hydrogens is 781 g/mol. The summed E-state index contributed by atoms with van der Waals surface area (Å²) < 4.78 is 16.9. The summed E-state index contributed by atoms with van der Waals surface area (Å²) in [7, 11) is 0. The van der Waals surface area contributed by atoms with Crippen molar-refractivity contribution in [3.05, 3.63) is 0 Å². The molecule has 6 nitrogen and oxygen atoms in total. The van der Waals surface area contributed by atoms with Crippen LogP contribution in [0.1, 0.15) is 317 Å². The fraction of sp³-hybridized carbons (Fsp3) is 0.947. The van der Waals surface area contributed by atoms with Crippen molar-refractivity contribution in [2.45, 2.75) is 323 Å². The van der Waals surface area contributed by atoms with Gasteiger partial charge >= 0.3 is 17.9 Å². The first-order valence-electron chi connectivity index (χ1n) is 28.2. The van der Waals surface area contributed by atoms with Crippen LogP contribution in [0.2, 0.25) is 0 Å². The van der Waals surface area contributed by atoms with Crippen LogP contribution in [-0.4, -0.2) is 37.2 Å². The molecular formula is C57H110O6. The normalized spacial score (nSPS) is 12.0. The van der Waals surface area contributed by atoms with E-state index in [0.29, 0.717) is 19.3 Å². The summed E-state index contributed by atoms with van der Waals surface area (Å²) in [6.07, 6.45) is 52.3. The van der Waals surface area contributed by atoms with Gasteiger partial charge in [0.1, 0.15) is 13.2 Å². The van der Waals surface area contributed by atoms with Crippen LogP contribution in [0.5, 0.6) is 0 Å². The molecule has 0 spiro atoms. The largest absolute Gasteiger partial charge is 0.462 e. The molecule has 0 amide bonds. The summed E-state index contributed by atoms with van der Waals surface area (Å²) in [5.74, 6) is 0.833. The summed E-state index contributed by atoms with van der Waals surface area (Å²) in [6, 6.07) is 0. The number of ether oxygens (including phenoxy) is 3. The van der Waals surface area contributed by atoms with Crippen LogP contribution in [-0.2, 0) is 28.6 Å². The van der Waals surface area contributed by atoms with E-state index in [-0.39, 0.29) is 31.1 Å². The first kappa shape index (κ1) is 61.4. The van der Waals surface area contributed by atoms with E-state index in [1.54, 1.807) is 0 Å². The topological polar surface area (TPSA) is 78.9 Å². The van der Waals surface area contributed by atoms with Crippen LogP contribution in [0.25, 0.3) is 0 Å². The quantitative estimate of drug-likeness (QED) is 0.0344. The van der Waals surface area contributed by atoms with Crippen molar-refractivity contribution < 1.29 is 28.6 Å². The Kier molecular flexibility index (Phi) is 48.6. The Labute approximate surface area is 393 Å². The lowest BCUT2D eigenvalue weighted by Crippen LogP contribution is -2.30. The predicted octanol–water partition coefficient (Wildman–Crippen LogP) is 18.5. The maximum absolute atomic E-state index is 12.8. The monoisotopic (exact) mass is 891 g/mol. The highest BCUT2D eigenvalue weighted by Crippen LogP contribution is 2.18. The number of esters is 3. The molecule has 0 N–H and O–H groups in total. The number of carbonyl (C=O) groups excluding carboxylic acids is 3. The van der Waals surface area contributed by atoms with Crippen molar-refractivity contribution >= 4 is 17.9 Å². The lowest BCUT2D eigenvalue weighted by atomic mass is 10.0. The lowest BCUT2D eigenvalue weighted by molar-refractivity contribution is -0.167. The van der Waals surface area contributed by atoms with Crippen molar-refractivity contribution in [1.29, 1.82) is 0 Å². The van der Waals surface area contributed by atoms with Gasteiger partial charge in [0, 0.05) is 19.3 Å². The van der Waals surface area contributed by atoms with Crippen LogP contribution in [0.15, 0.2) is 0 Å². The maximum Gasteiger partial charge on any atom is 0.306 e. The first-order valence-corrected chi connectivity index (χ1v) is 28.2. The van der Waals surface area contributed by atoms with E-state index in [1.807, 2.05) is 0 Å². The van der Waals surface area contributed by atoms with Gasteiger partial charge in [-0.15, -0.1) is 0 Å². The minimum Gasteiger partial charge on any atom is -0.462 e. The molecule has 0 bridgehead atoms. The summed E-state index contributed by atoms with van der Waals surface area (Å²) >= 11 is 0. The molecule has 1 atom stereocenters. The number of rotatable bonds is 51. The minimum absolute atomic E-state index is 0.0628. The Morgan fingerprint density at radius 3 is 0.778 bits per heavy atom. The van der Waals surface area contributed by atoms with E-state index < -0.39 is 6.10 Å². The third-order valence-electron chi connectivity index (χ3n) is 13.0. The van der Waals surface area contributed by atoms with E-state index in [0.717, 1.165) is 69.6 Å². The third-order valence-corrected chi connectivity index (χ3v) is 13.0. The Bertz CT molecular complexity index is 962. The second-order valence-corrected chi connectivity index (χ2v) is 20.5. The molecule has 0 aliphatic heterocycles. The molecule has 0 unspecified atom stereocenters. The third kappa shape index (κ3) is 51.3. The number of carbonyl (C=O) groups is 3. The second-order valence-electron chi connectivity index (χ2n) is 20.5. The van der Waals surface area contributed by atoms with Gasteiger partial charge in [0.15, 0.2) is 6.10 Å². The van der Waals surface area contributed by atoms with Crippen LogP contribution in [0.4, 0.5) is 0 Å². The minimum atomic E-state index is -0.762. The van der Waals surface area contributed by atoms with Gasteiger partial charge in [0.25, 0.3) is 0 Å². The van der Waals surface area contributed by atoms with Crippen LogP contribution in [0.3, 0.4) is 0 Å². The zero-order chi connectivity index (χ0) is 46.1. The molecule has 0 aromatic carbocycles. The second kappa shape index (κ2) is 49.8. The maximum atomic E-state index is 12.8. The standard InChI is InChI=1S/C57H110O6/c1-6-7-8-9-10-11-12-13-16-24-29-34-39-44-49-57(60)63-54(51-62-56(59)48-43-38-33-28-23-19-18-21-26-31-36-41-46-53(4)5)50-61-55(58)47-42-37-32-27-22-17-14-15-20-25-30-35-40-45-52(2)3/h52-54H,6-51H2,1-5H3/t54-/m1/s1. The van der Waals surface area contributed by atoms with Crippen molar-refractivity contribution in [3.8, 4) is 0 Å². The number of unbranched alkanes of at least 4 members (excludes halogenated alkanes) is 36. The van der Waals surface area contributed by atoms with Crippen molar-refractivity contribution in [2.75, 3.05) is 13.2 Å². The molecule has 0 fully saturated rings. The highest BCUT2D eigenvalue weighted by Gasteiger charge is 2.19. The van der Waals surface area contributed by atoms with Crippen molar-refractivity contribution in [1.82, 2.24) is 0 Å². The molecule has 0 aromatic heterocycles. The van der Waals surface area contributed by atoms with Crippen molar-refractivity contribution in [2.24, 2.45) is 11.8 Å². The molecule has 6 heteroatoms. The smallest absolute Gasteiger partial charge is 0.306 e. The Balaban J connectivity index is 4.30. The number of hydrogen-bond donors (Lipinski definition) is 0. The van der Waals surface area contributed by atoms with Gasteiger partial charge in [0.05, 0.1) is 0 Å². The van der Waals surface area contributed by atoms with Gasteiger partial charge in [-0.3, -0.25) is 14.4 Å². The molecule has 0 radical (unpaired) electrons. The zero-order valence-corrected chi connectivity index (χ0v) is 43.2. The van der Waals surface area contributed by atoms with Gasteiger partial charge < -0.3 is 14.2 Å². The van der Waals surface area contributed by atoms with E-state index in [1.165, 1.54) is 205 Å². The average molecular weight is 892 g/mol. The molecule has 63 heavy (non-hydrogen) atoms. The predicted molar refractivity (Wildman–Crippen MR) is 270 cm³/mol. The molecule has 374 valence electrons. The van der Waals surface area contributed by atoms with Crippen molar-refractivity contribution in [3.63, 3.8) is 0 Å². The Morgan fingerprint density at radius 2 is 0.524 bits per heavy atom. The van der Waals surface area contributed by atoms with E-state index in [9.17, 15) is 14.4 Å². The highest BCUT2D eigenvalue weighted by atomic mass is 16.6. The molecule has 0 rings (SSSR count). The van der Waals surface area contributed by atoms with Gasteiger partial charge in [-0.2, -0.15) is 0 Å². The molecule has 0 heterocycles. The molecule has 0 saturated heterocycles. The molecule has 0 aliphatic carbocycles. The molecule has 0 aliphatic rings. The summed E-state index contributed by atoms with van der Waals surface area (Å²) in [6.45, 7) is 11.4. The molecule has 0 aromatic rings. The van der Waals surface area contributed by atoms with E-state index in [4.69, 9.17) is 14.2 Å². The molecule has 0 saturated carbocycles. The number of hydrogen-bond acceptors (Lipinski definition) is 6. The van der Waals surface area contributed by atoms with Gasteiger partial charge in [-0.1, -0.05) is 279 Å². The van der Waals surface area contributed by atoms with Gasteiger partial charge in [0.2, 0.25) is 0 Å². The Hall–Kier alpha value is -1.59.